The molecule has 0 amide bonds. The predicted molar refractivity (Wildman–Crippen MR) is 78.8 cm³/mol. The topological polar surface area (TPSA) is 75.6 Å². The van der Waals surface area contributed by atoms with Crippen molar-refractivity contribution < 1.29 is 18.3 Å². The zero-order chi connectivity index (χ0) is 14.6. The molecule has 112 valence electrons. The number of sulfonamides is 1. The summed E-state index contributed by atoms with van der Waals surface area (Å²) in [4.78, 5) is 0.159. The van der Waals surface area contributed by atoms with Crippen molar-refractivity contribution in [2.75, 3.05) is 19.8 Å². The van der Waals surface area contributed by atoms with Crippen LogP contribution in [0.15, 0.2) is 27.6 Å². The van der Waals surface area contributed by atoms with Crippen molar-refractivity contribution in [3.05, 3.63) is 28.2 Å². The number of halogens is 1. The van der Waals surface area contributed by atoms with Crippen LogP contribution in [0.5, 0.6) is 0 Å². The third-order valence-corrected chi connectivity index (χ3v) is 5.79. The van der Waals surface area contributed by atoms with E-state index in [0.29, 0.717) is 29.1 Å². The first-order chi connectivity index (χ1) is 9.53. The highest BCUT2D eigenvalue weighted by Crippen LogP contribution is 2.23. The number of aliphatic hydroxyl groups is 1. The fraction of sp³-hybridized carbons (Fsp3) is 0.538. The number of rotatable bonds is 6. The van der Waals surface area contributed by atoms with Crippen molar-refractivity contribution in [1.29, 1.82) is 0 Å². The van der Waals surface area contributed by atoms with Crippen LogP contribution in [0, 0.1) is 5.92 Å². The molecule has 1 heterocycles. The summed E-state index contributed by atoms with van der Waals surface area (Å²) in [6.45, 7) is 1.69. The van der Waals surface area contributed by atoms with Gasteiger partial charge in [-0.25, -0.2) is 13.1 Å². The summed E-state index contributed by atoms with van der Waals surface area (Å²) < 4.78 is 32.8. The molecule has 1 aliphatic heterocycles. The second kappa shape index (κ2) is 7.00. The minimum atomic E-state index is -3.56. The monoisotopic (exact) mass is 363 g/mol. The molecule has 1 atom stereocenters. The minimum Gasteiger partial charge on any atom is -0.392 e. The van der Waals surface area contributed by atoms with E-state index in [0.717, 1.165) is 19.4 Å². The zero-order valence-electron chi connectivity index (χ0n) is 11.0. The normalized spacial score (nSPS) is 19.4. The Labute approximate surface area is 127 Å². The molecule has 0 saturated carbocycles. The summed E-state index contributed by atoms with van der Waals surface area (Å²) in [7, 11) is -3.56. The number of nitrogens with one attached hydrogen (secondary N) is 1. The number of ether oxygens (including phenoxy) is 1. The van der Waals surface area contributed by atoms with Crippen LogP contribution in [0.4, 0.5) is 0 Å². The van der Waals surface area contributed by atoms with Gasteiger partial charge in [0.15, 0.2) is 0 Å². The van der Waals surface area contributed by atoms with E-state index in [4.69, 9.17) is 9.84 Å². The molecule has 5 nitrogen and oxygen atoms in total. The first-order valence-electron chi connectivity index (χ1n) is 6.49. The Morgan fingerprint density at radius 1 is 1.45 bits per heavy atom. The van der Waals surface area contributed by atoms with Gasteiger partial charge in [-0.2, -0.15) is 0 Å². The molecule has 0 aliphatic carbocycles. The van der Waals surface area contributed by atoms with Gasteiger partial charge in [-0.15, -0.1) is 0 Å². The van der Waals surface area contributed by atoms with E-state index < -0.39 is 10.0 Å². The van der Waals surface area contributed by atoms with Gasteiger partial charge in [-0.05, 0) is 52.4 Å². The Balaban J connectivity index is 2.01. The molecule has 1 aliphatic rings. The lowest BCUT2D eigenvalue weighted by Crippen LogP contribution is -2.26. The lowest BCUT2D eigenvalue weighted by molar-refractivity contribution is 0.184. The van der Waals surface area contributed by atoms with E-state index in [1.54, 1.807) is 12.1 Å². The molecule has 0 bridgehead atoms. The lowest BCUT2D eigenvalue weighted by atomic mass is 10.1. The molecule has 0 aromatic heterocycles. The van der Waals surface area contributed by atoms with Crippen molar-refractivity contribution in [1.82, 2.24) is 4.72 Å². The maximum Gasteiger partial charge on any atom is 0.241 e. The van der Waals surface area contributed by atoms with Gasteiger partial charge in [0.1, 0.15) is 0 Å². The second-order valence-corrected chi connectivity index (χ2v) is 7.43. The Morgan fingerprint density at radius 3 is 2.90 bits per heavy atom. The molecule has 0 spiro atoms. The highest BCUT2D eigenvalue weighted by molar-refractivity contribution is 9.10. The molecule has 1 aromatic carbocycles. The fourth-order valence-electron chi connectivity index (χ4n) is 2.14. The van der Waals surface area contributed by atoms with Crippen LogP contribution < -0.4 is 4.72 Å². The van der Waals surface area contributed by atoms with Gasteiger partial charge in [0, 0.05) is 24.2 Å². The van der Waals surface area contributed by atoms with E-state index in [9.17, 15) is 8.42 Å². The molecule has 1 aromatic rings. The van der Waals surface area contributed by atoms with E-state index in [2.05, 4.69) is 20.7 Å². The highest BCUT2D eigenvalue weighted by atomic mass is 79.9. The van der Waals surface area contributed by atoms with Crippen LogP contribution in [0.3, 0.4) is 0 Å². The largest absolute Gasteiger partial charge is 0.392 e. The highest BCUT2D eigenvalue weighted by Gasteiger charge is 2.20. The first kappa shape index (κ1) is 15.9. The molecule has 1 unspecified atom stereocenters. The van der Waals surface area contributed by atoms with Crippen LogP contribution in [0.1, 0.15) is 18.4 Å². The van der Waals surface area contributed by atoms with Crippen LogP contribution in [0.2, 0.25) is 0 Å². The van der Waals surface area contributed by atoms with Crippen LogP contribution >= 0.6 is 15.9 Å². The summed E-state index contributed by atoms with van der Waals surface area (Å²) in [6.07, 6.45) is 1.77. The van der Waals surface area contributed by atoms with Gasteiger partial charge in [0.2, 0.25) is 10.0 Å². The summed E-state index contributed by atoms with van der Waals surface area (Å²) in [5.74, 6) is 0.435. The van der Waals surface area contributed by atoms with Gasteiger partial charge < -0.3 is 9.84 Å². The average Bonchev–Trinajstić information content (AvgIpc) is 2.92. The van der Waals surface area contributed by atoms with E-state index in [1.165, 1.54) is 6.07 Å². The Morgan fingerprint density at radius 2 is 2.25 bits per heavy atom. The maximum absolute atomic E-state index is 12.2. The lowest BCUT2D eigenvalue weighted by Gasteiger charge is -2.11. The third-order valence-electron chi connectivity index (χ3n) is 3.34. The molecule has 1 saturated heterocycles. The molecule has 2 N–H and O–H groups in total. The zero-order valence-corrected chi connectivity index (χ0v) is 13.4. The van der Waals surface area contributed by atoms with Crippen molar-refractivity contribution in [3.8, 4) is 0 Å². The molecule has 20 heavy (non-hydrogen) atoms. The SMILES string of the molecule is O=S(=O)(NCCC1CCOC1)c1cc(CO)ccc1Br. The predicted octanol–water partition coefficient (Wildman–Crippen LogP) is 1.65. The molecular formula is C13H18BrNO4S. The van der Waals surface area contributed by atoms with Gasteiger partial charge in [-0.1, -0.05) is 6.07 Å². The van der Waals surface area contributed by atoms with Crippen LogP contribution in [0.25, 0.3) is 0 Å². The summed E-state index contributed by atoms with van der Waals surface area (Å²) in [5.41, 5.74) is 0.567. The summed E-state index contributed by atoms with van der Waals surface area (Å²) in [6, 6.07) is 4.79. The number of hydrogen-bond acceptors (Lipinski definition) is 4. The van der Waals surface area contributed by atoms with Gasteiger partial charge in [-0.3, -0.25) is 0 Å². The molecule has 0 radical (unpaired) electrons. The Bertz CT molecular complexity index is 555. The molecule has 2 rings (SSSR count). The summed E-state index contributed by atoms with van der Waals surface area (Å²) >= 11 is 3.23. The van der Waals surface area contributed by atoms with E-state index in [1.807, 2.05) is 0 Å². The molecule has 7 heteroatoms. The smallest absolute Gasteiger partial charge is 0.241 e. The Kier molecular flexibility index (Phi) is 5.57. The van der Waals surface area contributed by atoms with E-state index in [-0.39, 0.29) is 11.5 Å². The number of benzene rings is 1. The molecular weight excluding hydrogens is 346 g/mol. The van der Waals surface area contributed by atoms with Crippen LogP contribution in [-0.4, -0.2) is 33.3 Å². The standard InChI is InChI=1S/C13H18BrNO4S/c14-12-2-1-11(8-16)7-13(12)20(17,18)15-5-3-10-4-6-19-9-10/h1-2,7,10,15-16H,3-6,8-9H2. The third kappa shape index (κ3) is 4.02. The Hall–Kier alpha value is -0.470. The summed E-state index contributed by atoms with van der Waals surface area (Å²) in [5, 5.41) is 9.09. The minimum absolute atomic E-state index is 0.159. The quantitative estimate of drug-likeness (QED) is 0.805. The average molecular weight is 364 g/mol. The fourth-order valence-corrected chi connectivity index (χ4v) is 4.20. The van der Waals surface area contributed by atoms with Crippen molar-refractivity contribution in [2.45, 2.75) is 24.3 Å². The van der Waals surface area contributed by atoms with Crippen molar-refractivity contribution >= 4 is 26.0 Å². The van der Waals surface area contributed by atoms with E-state index >= 15 is 0 Å². The number of hydrogen-bond donors (Lipinski definition) is 2. The van der Waals surface area contributed by atoms with Gasteiger partial charge >= 0.3 is 0 Å². The number of aliphatic hydroxyl groups excluding tert-OH is 1. The molecule has 1 fully saturated rings. The second-order valence-electron chi connectivity index (χ2n) is 4.84. The van der Waals surface area contributed by atoms with Gasteiger partial charge in [0.05, 0.1) is 11.5 Å². The maximum atomic E-state index is 12.2. The van der Waals surface area contributed by atoms with Gasteiger partial charge in [0.25, 0.3) is 0 Å². The van der Waals surface area contributed by atoms with Crippen molar-refractivity contribution in [2.24, 2.45) is 5.92 Å². The van der Waals surface area contributed by atoms with Crippen LogP contribution in [-0.2, 0) is 21.4 Å². The first-order valence-corrected chi connectivity index (χ1v) is 8.77. The van der Waals surface area contributed by atoms with Crippen molar-refractivity contribution in [3.63, 3.8) is 0 Å².